The fourth-order valence-corrected chi connectivity index (χ4v) is 3.10. The molecule has 1 aromatic heterocycles. The maximum Gasteiger partial charge on any atom is 0.241 e. The molecule has 0 atom stereocenters. The molecule has 0 saturated carbocycles. The fourth-order valence-electron chi connectivity index (χ4n) is 3.10. The van der Waals surface area contributed by atoms with Gasteiger partial charge in [0, 0.05) is 30.7 Å². The van der Waals surface area contributed by atoms with Gasteiger partial charge < -0.3 is 4.90 Å². The second kappa shape index (κ2) is 5.85. The molecule has 0 aliphatic carbocycles. The summed E-state index contributed by atoms with van der Waals surface area (Å²) in [4.78, 5) is 16.5. The summed E-state index contributed by atoms with van der Waals surface area (Å²) in [6.45, 7) is 2.72. The number of aromatic amines is 1. The van der Waals surface area contributed by atoms with Crippen LogP contribution in [0.5, 0.6) is 0 Å². The van der Waals surface area contributed by atoms with Crippen LogP contribution in [-0.2, 0) is 11.3 Å². The van der Waals surface area contributed by atoms with E-state index < -0.39 is 0 Å². The van der Waals surface area contributed by atoms with Crippen LogP contribution in [-0.4, -0.2) is 40.6 Å². The monoisotopic (exact) mass is 306 g/mol. The Morgan fingerprint density at radius 3 is 2.61 bits per heavy atom. The second-order valence-electron chi connectivity index (χ2n) is 5.81. The molecule has 1 saturated heterocycles. The largest absolute Gasteiger partial charge is 0.310 e. The highest BCUT2D eigenvalue weighted by molar-refractivity contribution is 5.95. The van der Waals surface area contributed by atoms with E-state index in [0.717, 1.165) is 41.9 Å². The third-order valence-corrected chi connectivity index (χ3v) is 4.29. The SMILES string of the molecule is O=C1CN(Cc2[nH]nc3ccccc23)CCN1c1ccccc1. The van der Waals surface area contributed by atoms with Gasteiger partial charge in [-0.3, -0.25) is 14.8 Å². The number of piperazine rings is 1. The lowest BCUT2D eigenvalue weighted by Crippen LogP contribution is -2.50. The number of anilines is 1. The number of hydrogen-bond donors (Lipinski definition) is 1. The van der Waals surface area contributed by atoms with Crippen LogP contribution in [0.2, 0.25) is 0 Å². The maximum atomic E-state index is 12.5. The molecule has 0 bridgehead atoms. The van der Waals surface area contributed by atoms with Gasteiger partial charge >= 0.3 is 0 Å². The van der Waals surface area contributed by atoms with Crippen LogP contribution in [0.4, 0.5) is 5.69 Å². The number of amides is 1. The van der Waals surface area contributed by atoms with Gasteiger partial charge in [0.05, 0.1) is 17.8 Å². The highest BCUT2D eigenvalue weighted by Crippen LogP contribution is 2.20. The Balaban J connectivity index is 1.48. The van der Waals surface area contributed by atoms with E-state index >= 15 is 0 Å². The number of nitrogens with zero attached hydrogens (tertiary/aromatic N) is 3. The van der Waals surface area contributed by atoms with Gasteiger partial charge in [0.1, 0.15) is 0 Å². The van der Waals surface area contributed by atoms with Crippen molar-refractivity contribution in [2.75, 3.05) is 24.5 Å². The zero-order valence-electron chi connectivity index (χ0n) is 12.8. The topological polar surface area (TPSA) is 52.2 Å². The molecule has 2 aromatic carbocycles. The van der Waals surface area contributed by atoms with Crippen LogP contribution in [0.3, 0.4) is 0 Å². The Morgan fingerprint density at radius 1 is 1.00 bits per heavy atom. The molecule has 5 heteroatoms. The summed E-state index contributed by atoms with van der Waals surface area (Å²) in [5.41, 5.74) is 3.02. The number of rotatable bonds is 3. The molecule has 23 heavy (non-hydrogen) atoms. The minimum Gasteiger partial charge on any atom is -0.310 e. The van der Waals surface area contributed by atoms with Gasteiger partial charge in [0.2, 0.25) is 5.91 Å². The molecule has 1 fully saturated rings. The summed E-state index contributed by atoms with van der Waals surface area (Å²) < 4.78 is 0. The van der Waals surface area contributed by atoms with Crippen molar-refractivity contribution in [2.24, 2.45) is 0 Å². The summed E-state index contributed by atoms with van der Waals surface area (Å²) >= 11 is 0. The number of hydrogen-bond acceptors (Lipinski definition) is 3. The molecule has 116 valence electrons. The molecular weight excluding hydrogens is 288 g/mol. The molecule has 1 N–H and O–H groups in total. The zero-order chi connectivity index (χ0) is 15.6. The Labute approximate surface area is 134 Å². The van der Waals surface area contributed by atoms with Gasteiger partial charge in [-0.2, -0.15) is 5.10 Å². The lowest BCUT2D eigenvalue weighted by Gasteiger charge is -2.34. The quantitative estimate of drug-likeness (QED) is 0.808. The van der Waals surface area contributed by atoms with Crippen molar-refractivity contribution < 1.29 is 4.79 Å². The zero-order valence-corrected chi connectivity index (χ0v) is 12.8. The summed E-state index contributed by atoms with van der Waals surface area (Å²) in [5.74, 6) is 0.145. The molecular formula is C18H18N4O. The number of para-hydroxylation sites is 2. The van der Waals surface area contributed by atoms with Crippen molar-refractivity contribution in [3.8, 4) is 0 Å². The van der Waals surface area contributed by atoms with Crippen LogP contribution in [0.15, 0.2) is 54.6 Å². The van der Waals surface area contributed by atoms with Crippen molar-refractivity contribution in [3.63, 3.8) is 0 Å². The predicted octanol–water partition coefficient (Wildman–Crippen LogP) is 2.41. The summed E-state index contributed by atoms with van der Waals surface area (Å²) in [6, 6.07) is 17.9. The molecule has 3 aromatic rings. The van der Waals surface area contributed by atoms with E-state index in [1.807, 2.05) is 53.4 Å². The maximum absolute atomic E-state index is 12.5. The number of aromatic nitrogens is 2. The molecule has 1 amide bonds. The smallest absolute Gasteiger partial charge is 0.241 e. The molecule has 1 aliphatic rings. The van der Waals surface area contributed by atoms with Crippen LogP contribution >= 0.6 is 0 Å². The van der Waals surface area contributed by atoms with Crippen LogP contribution in [0.1, 0.15) is 5.69 Å². The Hall–Kier alpha value is -2.66. The van der Waals surface area contributed by atoms with Gasteiger partial charge in [-0.1, -0.05) is 36.4 Å². The first-order chi connectivity index (χ1) is 11.3. The van der Waals surface area contributed by atoms with Gasteiger partial charge in [-0.05, 0) is 18.2 Å². The lowest BCUT2D eigenvalue weighted by molar-refractivity contribution is -0.121. The summed E-state index contributed by atoms with van der Waals surface area (Å²) in [6.07, 6.45) is 0. The standard InChI is InChI=1S/C18H18N4O/c23-18-13-21(10-11-22(18)14-6-2-1-3-7-14)12-17-15-8-4-5-9-16(15)19-20-17/h1-9H,10-13H2,(H,19,20). The first-order valence-corrected chi connectivity index (χ1v) is 7.81. The van der Waals surface area contributed by atoms with Crippen molar-refractivity contribution in [1.29, 1.82) is 0 Å². The Bertz CT molecular complexity index is 827. The number of benzene rings is 2. The van der Waals surface area contributed by atoms with E-state index in [1.54, 1.807) is 0 Å². The van der Waals surface area contributed by atoms with Gasteiger partial charge in [-0.15, -0.1) is 0 Å². The van der Waals surface area contributed by atoms with Gasteiger partial charge in [0.15, 0.2) is 0 Å². The van der Waals surface area contributed by atoms with Gasteiger partial charge in [0.25, 0.3) is 0 Å². The number of carbonyl (C=O) groups is 1. The highest BCUT2D eigenvalue weighted by Gasteiger charge is 2.25. The van der Waals surface area contributed by atoms with Crippen molar-refractivity contribution in [3.05, 3.63) is 60.3 Å². The van der Waals surface area contributed by atoms with Crippen LogP contribution in [0, 0.1) is 0 Å². The van der Waals surface area contributed by atoms with E-state index in [2.05, 4.69) is 21.2 Å². The molecule has 0 radical (unpaired) electrons. The fraction of sp³-hybridized carbons (Fsp3) is 0.222. The first-order valence-electron chi connectivity index (χ1n) is 7.81. The summed E-state index contributed by atoms with van der Waals surface area (Å²) in [7, 11) is 0. The van der Waals surface area contributed by atoms with Crippen molar-refractivity contribution in [2.45, 2.75) is 6.54 Å². The normalized spacial score (nSPS) is 16.2. The number of H-pyrrole nitrogens is 1. The number of nitrogens with one attached hydrogen (secondary N) is 1. The highest BCUT2D eigenvalue weighted by atomic mass is 16.2. The average molecular weight is 306 g/mol. The molecule has 0 unspecified atom stereocenters. The molecule has 0 spiro atoms. The Kier molecular flexibility index (Phi) is 3.55. The van der Waals surface area contributed by atoms with Gasteiger partial charge in [-0.25, -0.2) is 0 Å². The first kappa shape index (κ1) is 14.0. The van der Waals surface area contributed by atoms with E-state index in [1.165, 1.54) is 0 Å². The third-order valence-electron chi connectivity index (χ3n) is 4.29. The van der Waals surface area contributed by atoms with Crippen LogP contribution < -0.4 is 4.90 Å². The lowest BCUT2D eigenvalue weighted by atomic mass is 10.2. The molecule has 1 aliphatic heterocycles. The van der Waals surface area contributed by atoms with Crippen molar-refractivity contribution in [1.82, 2.24) is 15.1 Å². The molecule has 4 rings (SSSR count). The Morgan fingerprint density at radius 2 is 1.78 bits per heavy atom. The third kappa shape index (κ3) is 2.71. The van der Waals surface area contributed by atoms with Crippen molar-refractivity contribution >= 4 is 22.5 Å². The minimum atomic E-state index is 0.145. The van der Waals surface area contributed by atoms with E-state index in [-0.39, 0.29) is 5.91 Å². The van der Waals surface area contributed by atoms with E-state index in [0.29, 0.717) is 6.54 Å². The van der Waals surface area contributed by atoms with E-state index in [4.69, 9.17) is 0 Å². The minimum absolute atomic E-state index is 0.145. The average Bonchev–Trinajstić information content (AvgIpc) is 2.99. The molecule has 2 heterocycles. The van der Waals surface area contributed by atoms with Crippen LogP contribution in [0.25, 0.3) is 10.9 Å². The second-order valence-corrected chi connectivity index (χ2v) is 5.81. The molecule has 5 nitrogen and oxygen atoms in total. The van der Waals surface area contributed by atoms with E-state index in [9.17, 15) is 4.79 Å². The number of fused-ring (bicyclic) bond motifs is 1. The number of carbonyl (C=O) groups excluding carboxylic acids is 1. The summed E-state index contributed by atoms with van der Waals surface area (Å²) in [5, 5.41) is 8.55. The predicted molar refractivity (Wildman–Crippen MR) is 90.2 cm³/mol.